The molecule has 1 aliphatic carbocycles. The number of aldehydes is 1. The molecule has 104 valence electrons. The molecule has 19 heavy (non-hydrogen) atoms. The van der Waals surface area contributed by atoms with Gasteiger partial charge in [-0.3, -0.25) is 4.90 Å². The summed E-state index contributed by atoms with van der Waals surface area (Å²) in [6, 6.07) is 9.15. The molecule has 0 N–H and O–H groups in total. The van der Waals surface area contributed by atoms with E-state index in [4.69, 9.17) is 0 Å². The van der Waals surface area contributed by atoms with Crippen molar-refractivity contribution in [2.24, 2.45) is 0 Å². The van der Waals surface area contributed by atoms with Crippen molar-refractivity contribution in [2.45, 2.75) is 44.4 Å². The Morgan fingerprint density at radius 1 is 1.16 bits per heavy atom. The van der Waals surface area contributed by atoms with Crippen molar-refractivity contribution in [1.82, 2.24) is 4.90 Å². The van der Waals surface area contributed by atoms with Crippen molar-refractivity contribution in [3.05, 3.63) is 35.4 Å². The molecular weight excluding hydrogens is 234 g/mol. The number of benzene rings is 1. The van der Waals surface area contributed by atoms with Crippen molar-refractivity contribution in [2.75, 3.05) is 20.1 Å². The van der Waals surface area contributed by atoms with Crippen LogP contribution in [0.4, 0.5) is 0 Å². The van der Waals surface area contributed by atoms with Gasteiger partial charge in [0.25, 0.3) is 0 Å². The first kappa shape index (κ1) is 14.3. The number of carbonyl (C=O) groups excluding carboxylic acids is 1. The number of hydrogen-bond acceptors (Lipinski definition) is 2. The van der Waals surface area contributed by atoms with E-state index in [9.17, 15) is 4.79 Å². The molecule has 0 amide bonds. The lowest BCUT2D eigenvalue weighted by Crippen LogP contribution is -2.23. The summed E-state index contributed by atoms with van der Waals surface area (Å²) in [4.78, 5) is 12.5. The second-order valence-corrected chi connectivity index (χ2v) is 5.76. The molecule has 0 radical (unpaired) electrons. The van der Waals surface area contributed by atoms with Gasteiger partial charge in [-0.15, -0.1) is 0 Å². The van der Waals surface area contributed by atoms with Gasteiger partial charge in [0.05, 0.1) is 6.54 Å². The van der Waals surface area contributed by atoms with Gasteiger partial charge in [-0.1, -0.05) is 43.5 Å². The molecule has 0 aromatic heterocycles. The van der Waals surface area contributed by atoms with Gasteiger partial charge in [-0.2, -0.15) is 0 Å². The molecular formula is C17H25NO. The highest BCUT2D eigenvalue weighted by atomic mass is 16.1. The molecule has 1 aromatic rings. The number of rotatable bonds is 6. The number of nitrogens with zero attached hydrogens (tertiary/aromatic N) is 1. The van der Waals surface area contributed by atoms with Gasteiger partial charge < -0.3 is 4.79 Å². The first-order valence-corrected chi connectivity index (χ1v) is 7.50. The monoisotopic (exact) mass is 259 g/mol. The van der Waals surface area contributed by atoms with Gasteiger partial charge in [-0.25, -0.2) is 0 Å². The molecule has 1 saturated carbocycles. The Labute approximate surface area is 116 Å². The highest BCUT2D eigenvalue weighted by Crippen LogP contribution is 2.32. The minimum absolute atomic E-state index is 0.528. The van der Waals surface area contributed by atoms with E-state index in [0.29, 0.717) is 6.54 Å². The topological polar surface area (TPSA) is 20.3 Å². The summed E-state index contributed by atoms with van der Waals surface area (Å²) >= 11 is 0. The molecule has 1 fully saturated rings. The second kappa shape index (κ2) is 7.44. The van der Waals surface area contributed by atoms with Crippen LogP contribution in [0, 0.1) is 0 Å². The van der Waals surface area contributed by atoms with E-state index in [-0.39, 0.29) is 0 Å². The van der Waals surface area contributed by atoms with Gasteiger partial charge >= 0.3 is 0 Å². The van der Waals surface area contributed by atoms with Crippen LogP contribution in [0.3, 0.4) is 0 Å². The molecule has 0 atom stereocenters. The Morgan fingerprint density at radius 2 is 1.84 bits per heavy atom. The van der Waals surface area contributed by atoms with E-state index in [1.165, 1.54) is 43.2 Å². The third-order valence-corrected chi connectivity index (χ3v) is 4.22. The third-order valence-electron chi connectivity index (χ3n) is 4.22. The summed E-state index contributed by atoms with van der Waals surface area (Å²) in [5.41, 5.74) is 2.89. The van der Waals surface area contributed by atoms with Crippen LogP contribution in [-0.4, -0.2) is 31.3 Å². The minimum Gasteiger partial charge on any atom is -0.302 e. The van der Waals surface area contributed by atoms with Crippen LogP contribution >= 0.6 is 0 Å². The van der Waals surface area contributed by atoms with Crippen LogP contribution < -0.4 is 0 Å². The summed E-state index contributed by atoms with van der Waals surface area (Å²) in [6.07, 6.45) is 8.91. The fraction of sp³-hybridized carbons (Fsp3) is 0.588. The first-order valence-electron chi connectivity index (χ1n) is 7.50. The zero-order chi connectivity index (χ0) is 13.5. The molecule has 2 rings (SSSR count). The Bertz CT molecular complexity index is 379. The smallest absolute Gasteiger partial charge is 0.133 e. The standard InChI is InChI=1S/C17H25NO/c1-18(13-14-19)12-11-15-7-9-17(10-8-15)16-5-3-2-4-6-16/h7-10,14,16H,2-6,11-13H2,1H3. The van der Waals surface area contributed by atoms with Gasteiger partial charge in [0, 0.05) is 6.54 Å². The number of hydrogen-bond donors (Lipinski definition) is 0. The lowest BCUT2D eigenvalue weighted by Gasteiger charge is -2.22. The SMILES string of the molecule is CN(CC=O)CCc1ccc(C2CCCCC2)cc1. The molecule has 1 aromatic carbocycles. The normalized spacial score (nSPS) is 16.7. The van der Waals surface area contributed by atoms with E-state index >= 15 is 0 Å². The summed E-state index contributed by atoms with van der Waals surface area (Å²) in [5.74, 6) is 0.792. The van der Waals surface area contributed by atoms with Crippen LogP contribution in [0.15, 0.2) is 24.3 Å². The third kappa shape index (κ3) is 4.46. The summed E-state index contributed by atoms with van der Waals surface area (Å²) in [6.45, 7) is 1.47. The van der Waals surface area contributed by atoms with Gasteiger partial charge in [0.2, 0.25) is 0 Å². The van der Waals surface area contributed by atoms with E-state index in [1.54, 1.807) is 0 Å². The van der Waals surface area contributed by atoms with E-state index in [1.807, 2.05) is 7.05 Å². The zero-order valence-corrected chi connectivity index (χ0v) is 12.0. The van der Waals surface area contributed by atoms with Crippen molar-refractivity contribution in [3.63, 3.8) is 0 Å². The lowest BCUT2D eigenvalue weighted by molar-refractivity contribution is -0.108. The van der Waals surface area contributed by atoms with Crippen LogP contribution in [-0.2, 0) is 11.2 Å². The quantitative estimate of drug-likeness (QED) is 0.730. The second-order valence-electron chi connectivity index (χ2n) is 5.76. The average molecular weight is 259 g/mol. The molecule has 0 bridgehead atoms. The molecule has 2 nitrogen and oxygen atoms in total. The molecule has 0 spiro atoms. The van der Waals surface area contributed by atoms with Crippen molar-refractivity contribution in [1.29, 1.82) is 0 Å². The van der Waals surface area contributed by atoms with E-state index in [0.717, 1.165) is 25.2 Å². The Balaban J connectivity index is 1.85. The molecule has 0 unspecified atom stereocenters. The predicted molar refractivity (Wildman–Crippen MR) is 79.5 cm³/mol. The molecule has 1 aliphatic rings. The molecule has 2 heteroatoms. The minimum atomic E-state index is 0.528. The highest BCUT2D eigenvalue weighted by molar-refractivity contribution is 5.51. The zero-order valence-electron chi connectivity index (χ0n) is 12.0. The number of likely N-dealkylation sites (N-methyl/N-ethyl adjacent to an activating group) is 1. The molecule has 0 saturated heterocycles. The van der Waals surface area contributed by atoms with Crippen LogP contribution in [0.5, 0.6) is 0 Å². The van der Waals surface area contributed by atoms with Gasteiger partial charge in [0.1, 0.15) is 6.29 Å². The summed E-state index contributed by atoms with van der Waals surface area (Å²) < 4.78 is 0. The Hall–Kier alpha value is -1.15. The van der Waals surface area contributed by atoms with Crippen molar-refractivity contribution < 1.29 is 4.79 Å². The number of carbonyl (C=O) groups is 1. The van der Waals surface area contributed by atoms with Crippen molar-refractivity contribution in [3.8, 4) is 0 Å². The summed E-state index contributed by atoms with van der Waals surface area (Å²) in [5, 5.41) is 0. The maximum Gasteiger partial charge on any atom is 0.133 e. The maximum atomic E-state index is 10.4. The fourth-order valence-corrected chi connectivity index (χ4v) is 2.93. The Kier molecular flexibility index (Phi) is 5.59. The van der Waals surface area contributed by atoms with Crippen LogP contribution in [0.25, 0.3) is 0 Å². The Morgan fingerprint density at radius 3 is 2.47 bits per heavy atom. The fourth-order valence-electron chi connectivity index (χ4n) is 2.93. The average Bonchev–Trinajstić information content (AvgIpc) is 2.47. The van der Waals surface area contributed by atoms with E-state index in [2.05, 4.69) is 29.2 Å². The largest absolute Gasteiger partial charge is 0.302 e. The van der Waals surface area contributed by atoms with Crippen molar-refractivity contribution >= 4 is 6.29 Å². The maximum absolute atomic E-state index is 10.4. The lowest BCUT2D eigenvalue weighted by atomic mass is 9.84. The van der Waals surface area contributed by atoms with Gasteiger partial charge in [0.15, 0.2) is 0 Å². The van der Waals surface area contributed by atoms with Crippen LogP contribution in [0.1, 0.15) is 49.1 Å². The van der Waals surface area contributed by atoms with Crippen LogP contribution in [0.2, 0.25) is 0 Å². The molecule has 0 heterocycles. The van der Waals surface area contributed by atoms with E-state index < -0.39 is 0 Å². The van der Waals surface area contributed by atoms with Gasteiger partial charge in [-0.05, 0) is 43.4 Å². The first-order chi connectivity index (χ1) is 9.29. The predicted octanol–water partition coefficient (Wildman–Crippen LogP) is 3.41. The highest BCUT2D eigenvalue weighted by Gasteiger charge is 2.14. The molecule has 0 aliphatic heterocycles. The summed E-state index contributed by atoms with van der Waals surface area (Å²) in [7, 11) is 1.99.